The number of rotatable bonds is 9. The highest BCUT2D eigenvalue weighted by atomic mass is 15.1. The van der Waals surface area contributed by atoms with Gasteiger partial charge in [0.2, 0.25) is 0 Å². The lowest BCUT2D eigenvalue weighted by Gasteiger charge is -2.28. The molecule has 2 aliphatic carbocycles. The van der Waals surface area contributed by atoms with Crippen molar-refractivity contribution in [1.29, 1.82) is 0 Å². The number of anilines is 6. The molecule has 0 spiro atoms. The molecule has 0 saturated carbocycles. The van der Waals surface area contributed by atoms with Crippen molar-refractivity contribution in [1.82, 2.24) is 0 Å². The zero-order valence-electron chi connectivity index (χ0n) is 40.8. The normalized spacial score (nSPS) is 13.5. The summed E-state index contributed by atoms with van der Waals surface area (Å²) < 4.78 is 0. The minimum Gasteiger partial charge on any atom is -0.310 e. The zero-order valence-corrected chi connectivity index (χ0v) is 40.8. The SMILES string of the molecule is Cc1cc(-c2cccc(N(c3ccccc3)c3ccc4c(c3)C(C)(C)c3ccccc3-4)c2)ccc1-c1ccc(-c2cccc(N(c3ccccc3)c3ccc4c(c3)C(C)(C)c3ccccc3-4)c2)cc1C. The molecule has 0 unspecified atom stereocenters. The van der Waals surface area contributed by atoms with E-state index in [0.29, 0.717) is 0 Å². The topological polar surface area (TPSA) is 6.48 Å². The van der Waals surface area contributed by atoms with Gasteiger partial charge in [-0.25, -0.2) is 0 Å². The summed E-state index contributed by atoms with van der Waals surface area (Å²) in [6.07, 6.45) is 0. The van der Waals surface area contributed by atoms with Crippen molar-refractivity contribution in [3.05, 3.63) is 264 Å². The summed E-state index contributed by atoms with van der Waals surface area (Å²) in [4.78, 5) is 4.80. The van der Waals surface area contributed by atoms with Crippen molar-refractivity contribution in [2.75, 3.05) is 9.80 Å². The average molecular weight is 901 g/mol. The van der Waals surface area contributed by atoms with Crippen molar-refractivity contribution in [3.63, 3.8) is 0 Å². The number of fused-ring (bicyclic) bond motifs is 6. The zero-order chi connectivity index (χ0) is 47.7. The van der Waals surface area contributed by atoms with E-state index in [1.165, 1.54) is 89.0 Å². The molecule has 0 amide bonds. The van der Waals surface area contributed by atoms with E-state index < -0.39 is 0 Å². The van der Waals surface area contributed by atoms with Crippen molar-refractivity contribution < 1.29 is 0 Å². The van der Waals surface area contributed by atoms with E-state index in [-0.39, 0.29) is 10.8 Å². The van der Waals surface area contributed by atoms with Gasteiger partial charge in [-0.1, -0.05) is 185 Å². The van der Waals surface area contributed by atoms with Crippen LogP contribution < -0.4 is 9.80 Å². The number of hydrogen-bond donors (Lipinski definition) is 0. The molecule has 12 rings (SSSR count). The van der Waals surface area contributed by atoms with Crippen molar-refractivity contribution in [3.8, 4) is 55.6 Å². The molecule has 0 atom stereocenters. The van der Waals surface area contributed by atoms with Gasteiger partial charge in [0.05, 0.1) is 0 Å². The first-order valence-corrected chi connectivity index (χ1v) is 24.7. The van der Waals surface area contributed by atoms with Crippen LogP contribution in [0, 0.1) is 13.8 Å². The van der Waals surface area contributed by atoms with Crippen molar-refractivity contribution in [2.24, 2.45) is 0 Å². The minimum absolute atomic E-state index is 0.0880. The molecule has 0 bridgehead atoms. The van der Waals surface area contributed by atoms with E-state index in [4.69, 9.17) is 0 Å². The van der Waals surface area contributed by atoms with Crippen LogP contribution in [0.4, 0.5) is 34.1 Å². The van der Waals surface area contributed by atoms with Gasteiger partial charge in [-0.15, -0.1) is 0 Å². The molecular formula is C68H56N2. The molecule has 0 N–H and O–H groups in total. The minimum atomic E-state index is -0.0880. The third-order valence-corrected chi connectivity index (χ3v) is 15.3. The summed E-state index contributed by atoms with van der Waals surface area (Å²) in [5, 5.41) is 0. The smallest absolute Gasteiger partial charge is 0.0467 e. The Morgan fingerprint density at radius 3 is 0.986 bits per heavy atom. The monoisotopic (exact) mass is 900 g/mol. The third kappa shape index (κ3) is 7.17. The standard InChI is InChI=1S/C68H56N2/c1-45-39-49(47-19-17-25-53(41-47)69(51-21-9-7-10-22-51)55-33-37-61-59-27-13-15-29-63(59)67(3,4)65(61)43-55)31-35-57(45)58-36-32-50(40-46(58)2)48-20-18-26-54(42-48)70(52-23-11-8-12-24-52)56-34-38-62-60-28-14-16-30-64(60)68(5,6)66(62)44-56/h7-44H,1-6H3. The van der Waals surface area contributed by atoms with E-state index in [1.54, 1.807) is 0 Å². The molecule has 0 heterocycles. The second-order valence-electron chi connectivity index (χ2n) is 20.3. The second kappa shape index (κ2) is 16.8. The Balaban J connectivity index is 0.846. The van der Waals surface area contributed by atoms with Crippen LogP contribution in [0.2, 0.25) is 0 Å². The predicted octanol–water partition coefficient (Wildman–Crippen LogP) is 18.9. The maximum absolute atomic E-state index is 2.41. The maximum atomic E-state index is 2.41. The van der Waals surface area contributed by atoms with E-state index in [9.17, 15) is 0 Å². The molecule has 10 aromatic rings. The third-order valence-electron chi connectivity index (χ3n) is 15.3. The summed E-state index contributed by atoms with van der Waals surface area (Å²) in [5.74, 6) is 0. The van der Waals surface area contributed by atoms with Crippen LogP contribution in [-0.2, 0) is 10.8 Å². The van der Waals surface area contributed by atoms with Crippen LogP contribution in [-0.4, -0.2) is 0 Å². The molecular weight excluding hydrogens is 845 g/mol. The number of benzene rings is 10. The number of nitrogens with zero attached hydrogens (tertiary/aromatic N) is 2. The maximum Gasteiger partial charge on any atom is 0.0467 e. The quantitative estimate of drug-likeness (QED) is 0.142. The molecule has 0 radical (unpaired) electrons. The summed E-state index contributed by atoms with van der Waals surface area (Å²) in [6, 6.07) is 85.2. The number of para-hydroxylation sites is 2. The summed E-state index contributed by atoms with van der Waals surface area (Å²) in [5.41, 5.74) is 27.3. The first-order chi connectivity index (χ1) is 34.0. The molecule has 2 heteroatoms. The van der Waals surface area contributed by atoms with Crippen LogP contribution >= 0.6 is 0 Å². The lowest BCUT2D eigenvalue weighted by Crippen LogP contribution is -2.16. The van der Waals surface area contributed by atoms with Gasteiger partial charge in [-0.2, -0.15) is 0 Å². The molecule has 2 aliphatic rings. The first kappa shape index (κ1) is 43.1. The molecule has 0 aromatic heterocycles. The summed E-state index contributed by atoms with van der Waals surface area (Å²) in [6.45, 7) is 13.9. The van der Waals surface area contributed by atoms with Crippen LogP contribution in [0.15, 0.2) is 231 Å². The molecule has 0 fully saturated rings. The second-order valence-corrected chi connectivity index (χ2v) is 20.3. The van der Waals surface area contributed by atoms with Gasteiger partial charge in [0, 0.05) is 45.0 Å². The lowest BCUT2D eigenvalue weighted by atomic mass is 9.82. The van der Waals surface area contributed by atoms with E-state index in [2.05, 4.69) is 282 Å². The molecule has 70 heavy (non-hydrogen) atoms. The Hall–Kier alpha value is -8.20. The highest BCUT2D eigenvalue weighted by molar-refractivity contribution is 5.89. The van der Waals surface area contributed by atoms with Gasteiger partial charge in [-0.3, -0.25) is 0 Å². The lowest BCUT2D eigenvalue weighted by molar-refractivity contribution is 0.660. The Morgan fingerprint density at radius 2 is 0.571 bits per heavy atom. The Morgan fingerprint density at radius 1 is 0.243 bits per heavy atom. The van der Waals surface area contributed by atoms with Crippen LogP contribution in [0.1, 0.15) is 61.1 Å². The Bertz CT molecular complexity index is 3390. The fraction of sp³-hybridized carbons (Fsp3) is 0.118. The van der Waals surface area contributed by atoms with Crippen LogP contribution in [0.25, 0.3) is 55.6 Å². The van der Waals surface area contributed by atoms with Gasteiger partial charge in [-0.05, 0) is 176 Å². The predicted molar refractivity (Wildman–Crippen MR) is 297 cm³/mol. The number of aryl methyl sites for hydroxylation is 2. The molecule has 2 nitrogen and oxygen atoms in total. The van der Waals surface area contributed by atoms with E-state index in [0.717, 1.165) is 34.1 Å². The Kier molecular flexibility index (Phi) is 10.3. The largest absolute Gasteiger partial charge is 0.310 e. The highest BCUT2D eigenvalue weighted by Gasteiger charge is 2.37. The highest BCUT2D eigenvalue weighted by Crippen LogP contribution is 2.52. The first-order valence-electron chi connectivity index (χ1n) is 24.7. The van der Waals surface area contributed by atoms with Gasteiger partial charge < -0.3 is 9.80 Å². The van der Waals surface area contributed by atoms with Gasteiger partial charge >= 0.3 is 0 Å². The molecule has 10 aromatic carbocycles. The molecule has 0 saturated heterocycles. The van der Waals surface area contributed by atoms with E-state index in [1.807, 2.05) is 0 Å². The summed E-state index contributed by atoms with van der Waals surface area (Å²) in [7, 11) is 0. The van der Waals surface area contributed by atoms with Gasteiger partial charge in [0.1, 0.15) is 0 Å². The van der Waals surface area contributed by atoms with Crippen LogP contribution in [0.5, 0.6) is 0 Å². The van der Waals surface area contributed by atoms with Crippen LogP contribution in [0.3, 0.4) is 0 Å². The van der Waals surface area contributed by atoms with E-state index >= 15 is 0 Å². The number of hydrogen-bond acceptors (Lipinski definition) is 2. The average Bonchev–Trinajstić information content (AvgIpc) is 3.76. The van der Waals surface area contributed by atoms with Gasteiger partial charge in [0.25, 0.3) is 0 Å². The van der Waals surface area contributed by atoms with Crippen molar-refractivity contribution in [2.45, 2.75) is 52.4 Å². The fourth-order valence-electron chi connectivity index (χ4n) is 11.7. The summed E-state index contributed by atoms with van der Waals surface area (Å²) >= 11 is 0. The molecule has 0 aliphatic heterocycles. The molecule has 338 valence electrons. The van der Waals surface area contributed by atoms with Gasteiger partial charge in [0.15, 0.2) is 0 Å². The Labute approximate surface area is 413 Å². The van der Waals surface area contributed by atoms with Crippen molar-refractivity contribution >= 4 is 34.1 Å². The fourth-order valence-corrected chi connectivity index (χ4v) is 11.7.